The number of nitrogens with zero attached hydrogens (tertiary/aromatic N) is 4. The minimum absolute atomic E-state index is 0.0315. The maximum atomic E-state index is 12.3. The lowest BCUT2D eigenvalue weighted by Crippen LogP contribution is -2.44. The van der Waals surface area contributed by atoms with Gasteiger partial charge in [0.05, 0.1) is 5.69 Å². The minimum Gasteiger partial charge on any atom is -0.369 e. The van der Waals surface area contributed by atoms with Gasteiger partial charge < -0.3 is 15.1 Å². The van der Waals surface area contributed by atoms with Crippen molar-refractivity contribution >= 4 is 27.9 Å². The van der Waals surface area contributed by atoms with Crippen molar-refractivity contribution in [3.63, 3.8) is 0 Å². The molecule has 1 N–H and O–H groups in total. The number of fused-ring (bicyclic) bond motifs is 1. The van der Waals surface area contributed by atoms with Gasteiger partial charge in [-0.2, -0.15) is 0 Å². The highest BCUT2D eigenvalue weighted by molar-refractivity contribution is 7.15. The average molecular weight is 369 g/mol. The third-order valence-electron chi connectivity index (χ3n) is 4.81. The lowest BCUT2D eigenvalue weighted by Gasteiger charge is -2.34. The highest BCUT2D eigenvalue weighted by atomic mass is 32.1. The van der Waals surface area contributed by atoms with Crippen molar-refractivity contribution in [2.24, 2.45) is 0 Å². The van der Waals surface area contributed by atoms with Crippen LogP contribution in [0.1, 0.15) is 16.1 Å². The van der Waals surface area contributed by atoms with Crippen molar-refractivity contribution in [2.45, 2.75) is 6.42 Å². The summed E-state index contributed by atoms with van der Waals surface area (Å²) in [5.41, 5.74) is 2.89. The Morgan fingerprint density at radius 3 is 2.69 bits per heavy atom. The number of likely N-dealkylation sites (N-methyl/N-ethyl adjacent to an activating group) is 1. The second-order valence-electron chi connectivity index (χ2n) is 6.67. The topological polar surface area (TPSA) is 52.9 Å². The first kappa shape index (κ1) is 17.1. The Morgan fingerprint density at radius 2 is 1.96 bits per heavy atom. The summed E-state index contributed by atoms with van der Waals surface area (Å²) in [5.74, 6) is -0.0315. The molecule has 1 aromatic carbocycles. The van der Waals surface area contributed by atoms with Gasteiger partial charge in [0, 0.05) is 68.2 Å². The first-order valence-corrected chi connectivity index (χ1v) is 9.80. The van der Waals surface area contributed by atoms with Crippen molar-refractivity contribution in [3.8, 4) is 0 Å². The number of imidazole rings is 1. The molecule has 0 aliphatic carbocycles. The van der Waals surface area contributed by atoms with Gasteiger partial charge in [0.15, 0.2) is 4.96 Å². The molecule has 26 heavy (non-hydrogen) atoms. The summed E-state index contributed by atoms with van der Waals surface area (Å²) in [6.07, 6.45) is 4.75. The van der Waals surface area contributed by atoms with Crippen LogP contribution in [0.2, 0.25) is 0 Å². The zero-order chi connectivity index (χ0) is 17.9. The van der Waals surface area contributed by atoms with E-state index < -0.39 is 0 Å². The molecule has 2 aromatic heterocycles. The maximum Gasteiger partial charge on any atom is 0.251 e. The molecule has 1 amide bonds. The summed E-state index contributed by atoms with van der Waals surface area (Å²) in [6, 6.07) is 7.92. The van der Waals surface area contributed by atoms with Crippen LogP contribution >= 0.6 is 11.3 Å². The Labute approximate surface area is 157 Å². The Bertz CT molecular complexity index is 848. The predicted molar refractivity (Wildman–Crippen MR) is 105 cm³/mol. The molecule has 1 fully saturated rings. The molecule has 3 aromatic rings. The number of hydrogen-bond donors (Lipinski definition) is 1. The summed E-state index contributed by atoms with van der Waals surface area (Å²) < 4.78 is 2.01. The van der Waals surface area contributed by atoms with Gasteiger partial charge in [-0.25, -0.2) is 4.98 Å². The van der Waals surface area contributed by atoms with Crippen LogP contribution in [0.25, 0.3) is 4.96 Å². The molecule has 0 atom stereocenters. The number of hydrogen-bond acceptors (Lipinski definition) is 5. The van der Waals surface area contributed by atoms with E-state index in [1.165, 1.54) is 5.69 Å². The number of carbonyl (C=O) groups is 1. The van der Waals surface area contributed by atoms with Crippen molar-refractivity contribution in [3.05, 3.63) is 53.3 Å². The highest BCUT2D eigenvalue weighted by Gasteiger charge is 2.14. The Balaban J connectivity index is 1.29. The van der Waals surface area contributed by atoms with Crippen molar-refractivity contribution in [1.29, 1.82) is 0 Å². The van der Waals surface area contributed by atoms with Crippen molar-refractivity contribution < 1.29 is 4.79 Å². The van der Waals surface area contributed by atoms with Gasteiger partial charge in [0.1, 0.15) is 0 Å². The van der Waals surface area contributed by atoms with E-state index in [1.54, 1.807) is 11.3 Å². The van der Waals surface area contributed by atoms with Gasteiger partial charge >= 0.3 is 0 Å². The fourth-order valence-electron chi connectivity index (χ4n) is 3.19. The van der Waals surface area contributed by atoms with Gasteiger partial charge in [0.2, 0.25) is 0 Å². The quantitative estimate of drug-likeness (QED) is 0.749. The molecule has 0 unspecified atom stereocenters. The van der Waals surface area contributed by atoms with Gasteiger partial charge in [-0.3, -0.25) is 9.20 Å². The largest absolute Gasteiger partial charge is 0.369 e. The van der Waals surface area contributed by atoms with Crippen LogP contribution in [-0.2, 0) is 6.42 Å². The van der Waals surface area contributed by atoms with Crippen LogP contribution in [0.3, 0.4) is 0 Å². The number of aromatic nitrogens is 2. The van der Waals surface area contributed by atoms with E-state index in [-0.39, 0.29) is 5.91 Å². The smallest absolute Gasteiger partial charge is 0.251 e. The number of thiazole rings is 1. The van der Waals surface area contributed by atoms with Crippen LogP contribution < -0.4 is 10.2 Å². The molecule has 3 heterocycles. The maximum absolute atomic E-state index is 12.3. The van der Waals surface area contributed by atoms with Crippen molar-refractivity contribution in [1.82, 2.24) is 19.6 Å². The molecule has 1 saturated heterocycles. The zero-order valence-corrected chi connectivity index (χ0v) is 15.7. The van der Waals surface area contributed by atoms with E-state index in [0.29, 0.717) is 12.1 Å². The molecule has 1 aliphatic heterocycles. The van der Waals surface area contributed by atoms with Gasteiger partial charge in [-0.05, 0) is 31.3 Å². The number of amides is 1. The number of anilines is 1. The molecule has 4 rings (SSSR count). The van der Waals surface area contributed by atoms with Crippen LogP contribution in [0.5, 0.6) is 0 Å². The molecular weight excluding hydrogens is 346 g/mol. The molecular formula is C19H23N5OS. The molecule has 136 valence electrons. The Hall–Kier alpha value is -2.38. The van der Waals surface area contributed by atoms with Gasteiger partial charge in [-0.15, -0.1) is 11.3 Å². The Kier molecular flexibility index (Phi) is 4.90. The standard InChI is InChI=1S/C19H23N5OS/c1-22-8-10-23(11-9-22)17-4-2-15(3-5-17)18(25)20-7-6-16-14-24-12-13-26-19(24)21-16/h2-5,12-14H,6-11H2,1H3,(H,20,25). The van der Waals surface area contributed by atoms with Crippen LogP contribution in [0.15, 0.2) is 42.0 Å². The van der Waals surface area contributed by atoms with E-state index >= 15 is 0 Å². The normalized spacial score (nSPS) is 15.5. The van der Waals surface area contributed by atoms with E-state index in [2.05, 4.69) is 27.1 Å². The predicted octanol–water partition coefficient (Wildman–Crippen LogP) is 2.12. The summed E-state index contributed by atoms with van der Waals surface area (Å²) in [5, 5.41) is 5.00. The fraction of sp³-hybridized carbons (Fsp3) is 0.368. The van der Waals surface area contributed by atoms with E-state index in [0.717, 1.165) is 43.3 Å². The summed E-state index contributed by atoms with van der Waals surface area (Å²) in [4.78, 5) is 22.6. The fourth-order valence-corrected chi connectivity index (χ4v) is 3.91. The molecule has 0 saturated carbocycles. The summed E-state index contributed by atoms with van der Waals surface area (Å²) in [6.45, 7) is 4.81. The summed E-state index contributed by atoms with van der Waals surface area (Å²) >= 11 is 1.62. The third kappa shape index (κ3) is 3.73. The number of carbonyl (C=O) groups excluding carboxylic acids is 1. The first-order chi connectivity index (χ1) is 12.7. The van der Waals surface area contributed by atoms with Gasteiger partial charge in [-0.1, -0.05) is 0 Å². The third-order valence-corrected chi connectivity index (χ3v) is 5.58. The lowest BCUT2D eigenvalue weighted by molar-refractivity contribution is 0.0954. The van der Waals surface area contributed by atoms with Crippen LogP contribution in [0, 0.1) is 0 Å². The monoisotopic (exact) mass is 369 g/mol. The number of rotatable bonds is 5. The second kappa shape index (κ2) is 7.47. The van der Waals surface area contributed by atoms with E-state index in [4.69, 9.17) is 0 Å². The lowest BCUT2D eigenvalue weighted by atomic mass is 10.1. The number of piperazine rings is 1. The Morgan fingerprint density at radius 1 is 1.19 bits per heavy atom. The highest BCUT2D eigenvalue weighted by Crippen LogP contribution is 2.17. The van der Waals surface area contributed by atoms with Crippen LogP contribution in [0.4, 0.5) is 5.69 Å². The summed E-state index contributed by atoms with van der Waals surface area (Å²) in [7, 11) is 2.15. The van der Waals surface area contributed by atoms with Crippen LogP contribution in [-0.4, -0.2) is 60.0 Å². The average Bonchev–Trinajstić information content (AvgIpc) is 3.24. The SMILES string of the molecule is CN1CCN(c2ccc(C(=O)NCCc3cn4ccsc4n3)cc2)CC1. The number of benzene rings is 1. The molecule has 0 spiro atoms. The second-order valence-corrected chi connectivity index (χ2v) is 7.54. The molecule has 7 heteroatoms. The van der Waals surface area contributed by atoms with E-state index in [1.807, 2.05) is 46.4 Å². The molecule has 0 bridgehead atoms. The molecule has 1 aliphatic rings. The minimum atomic E-state index is -0.0315. The molecule has 0 radical (unpaired) electrons. The van der Waals surface area contributed by atoms with E-state index in [9.17, 15) is 4.79 Å². The molecule has 6 nitrogen and oxygen atoms in total. The van der Waals surface area contributed by atoms with Gasteiger partial charge in [0.25, 0.3) is 5.91 Å². The first-order valence-electron chi connectivity index (χ1n) is 8.92. The van der Waals surface area contributed by atoms with Crippen molar-refractivity contribution in [2.75, 3.05) is 44.7 Å². The number of nitrogens with one attached hydrogen (secondary N) is 1. The zero-order valence-electron chi connectivity index (χ0n) is 14.9.